The molecule has 1 unspecified atom stereocenters. The maximum Gasteiger partial charge on any atom is 0.119 e. The van der Waals surface area contributed by atoms with Crippen molar-refractivity contribution in [3.05, 3.63) is 95.6 Å². The summed E-state index contributed by atoms with van der Waals surface area (Å²) in [6.45, 7) is 3.81. The van der Waals surface area contributed by atoms with Crippen LogP contribution in [0.1, 0.15) is 36.5 Å². The highest BCUT2D eigenvalue weighted by Crippen LogP contribution is 2.47. The van der Waals surface area contributed by atoms with E-state index >= 15 is 0 Å². The van der Waals surface area contributed by atoms with Crippen LogP contribution in [-0.2, 0) is 0 Å². The van der Waals surface area contributed by atoms with Crippen molar-refractivity contribution in [2.75, 3.05) is 26.7 Å². The average Bonchev–Trinajstić information content (AvgIpc) is 3.68. The third-order valence-electron chi connectivity index (χ3n) is 6.14. The highest BCUT2D eigenvalue weighted by atomic mass is 16.5. The molecule has 2 N–H and O–H groups in total. The Labute approximate surface area is 196 Å². The van der Waals surface area contributed by atoms with Crippen molar-refractivity contribution in [2.45, 2.75) is 25.9 Å². The third kappa shape index (κ3) is 6.04. The largest absolute Gasteiger partial charge is 0.508 e. The molecular formula is C29H33NO3. The smallest absolute Gasteiger partial charge is 0.119 e. The van der Waals surface area contributed by atoms with Gasteiger partial charge in [-0.15, -0.1) is 0 Å². The van der Waals surface area contributed by atoms with E-state index in [9.17, 15) is 10.2 Å². The molecule has 1 aliphatic carbocycles. The molecule has 33 heavy (non-hydrogen) atoms. The van der Waals surface area contributed by atoms with Crippen LogP contribution in [0.25, 0.3) is 11.1 Å². The number of phenolic OH excluding ortho intramolecular Hbond substituents is 1. The second kappa shape index (κ2) is 10.7. The van der Waals surface area contributed by atoms with Gasteiger partial charge in [-0.25, -0.2) is 0 Å². The van der Waals surface area contributed by atoms with E-state index in [4.69, 9.17) is 4.74 Å². The standard InChI is InChI=1S/C29H33NO3/c1-3-30(2)19-26(32)20-33-27-17-13-24(14-18-27)29(23-11-15-25(31)16-12-23)28(22-9-10-22)21-7-5-4-6-8-21/h4-8,11-18,22,26,31-32H,3,9-10,19-20H2,1-2H3. The number of rotatable bonds is 10. The molecule has 1 atom stereocenters. The van der Waals surface area contributed by atoms with Gasteiger partial charge in [0.15, 0.2) is 0 Å². The summed E-state index contributed by atoms with van der Waals surface area (Å²) >= 11 is 0. The van der Waals surface area contributed by atoms with Gasteiger partial charge in [-0.2, -0.15) is 0 Å². The van der Waals surface area contributed by atoms with E-state index in [-0.39, 0.29) is 12.4 Å². The quantitative estimate of drug-likeness (QED) is 0.409. The zero-order valence-corrected chi connectivity index (χ0v) is 19.4. The predicted octanol–water partition coefficient (Wildman–Crippen LogP) is 5.45. The molecule has 3 aromatic rings. The Morgan fingerprint density at radius 3 is 2.09 bits per heavy atom. The van der Waals surface area contributed by atoms with E-state index in [1.807, 2.05) is 37.4 Å². The van der Waals surface area contributed by atoms with Crippen molar-refractivity contribution in [3.8, 4) is 11.5 Å². The molecule has 4 nitrogen and oxygen atoms in total. The molecular weight excluding hydrogens is 410 g/mol. The lowest BCUT2D eigenvalue weighted by atomic mass is 9.87. The van der Waals surface area contributed by atoms with Crippen molar-refractivity contribution in [1.29, 1.82) is 0 Å². The summed E-state index contributed by atoms with van der Waals surface area (Å²) in [5.74, 6) is 1.55. The molecule has 172 valence electrons. The first-order valence-electron chi connectivity index (χ1n) is 11.7. The molecule has 1 fully saturated rings. The fourth-order valence-electron chi connectivity index (χ4n) is 4.13. The highest BCUT2D eigenvalue weighted by molar-refractivity contribution is 6.00. The van der Waals surface area contributed by atoms with Gasteiger partial charge < -0.3 is 19.8 Å². The van der Waals surface area contributed by atoms with Crippen molar-refractivity contribution in [1.82, 2.24) is 4.90 Å². The van der Waals surface area contributed by atoms with Crippen LogP contribution in [0.4, 0.5) is 0 Å². The lowest BCUT2D eigenvalue weighted by Crippen LogP contribution is -2.32. The maximum atomic E-state index is 10.2. The zero-order chi connectivity index (χ0) is 23.2. The molecule has 0 aromatic heterocycles. The molecule has 0 bridgehead atoms. The van der Waals surface area contributed by atoms with Crippen LogP contribution in [0.2, 0.25) is 0 Å². The first-order chi connectivity index (χ1) is 16.0. The Morgan fingerprint density at radius 2 is 1.52 bits per heavy atom. The molecule has 0 heterocycles. The van der Waals surface area contributed by atoms with Gasteiger partial charge in [-0.3, -0.25) is 0 Å². The number of benzene rings is 3. The SMILES string of the molecule is CCN(C)CC(O)COc1ccc(C(=C(c2ccccc2)C2CC2)c2ccc(O)cc2)cc1. The van der Waals surface area contributed by atoms with E-state index in [1.165, 1.54) is 29.6 Å². The van der Waals surface area contributed by atoms with Crippen molar-refractivity contribution in [2.24, 2.45) is 5.92 Å². The molecule has 1 aliphatic rings. The molecule has 4 rings (SSSR count). The number of nitrogens with zero attached hydrogens (tertiary/aromatic N) is 1. The van der Waals surface area contributed by atoms with Gasteiger partial charge >= 0.3 is 0 Å². The number of hydrogen-bond donors (Lipinski definition) is 2. The second-order valence-corrected chi connectivity index (χ2v) is 8.82. The van der Waals surface area contributed by atoms with E-state index in [2.05, 4.69) is 48.2 Å². The van der Waals surface area contributed by atoms with Crippen LogP contribution < -0.4 is 4.74 Å². The van der Waals surface area contributed by atoms with Crippen LogP contribution in [0.3, 0.4) is 0 Å². The fraction of sp³-hybridized carbons (Fsp3) is 0.310. The van der Waals surface area contributed by atoms with E-state index in [1.54, 1.807) is 12.1 Å². The fourth-order valence-corrected chi connectivity index (χ4v) is 4.13. The van der Waals surface area contributed by atoms with Gasteiger partial charge in [0.2, 0.25) is 0 Å². The Morgan fingerprint density at radius 1 is 0.909 bits per heavy atom. The lowest BCUT2D eigenvalue weighted by Gasteiger charge is -2.20. The van der Waals surface area contributed by atoms with Crippen LogP contribution in [0.5, 0.6) is 11.5 Å². The molecule has 0 radical (unpaired) electrons. The number of allylic oxidation sites excluding steroid dienone is 1. The van der Waals surface area contributed by atoms with Gasteiger partial charge in [0.05, 0.1) is 0 Å². The zero-order valence-electron chi connectivity index (χ0n) is 19.4. The van der Waals surface area contributed by atoms with Gasteiger partial charge in [-0.1, -0.05) is 61.5 Å². The summed E-state index contributed by atoms with van der Waals surface area (Å²) in [6, 6.07) is 26.2. The predicted molar refractivity (Wildman–Crippen MR) is 134 cm³/mol. The van der Waals surface area contributed by atoms with Gasteiger partial charge in [-0.05, 0) is 84.5 Å². The minimum Gasteiger partial charge on any atom is -0.508 e. The van der Waals surface area contributed by atoms with E-state index in [0.29, 0.717) is 12.5 Å². The Bertz CT molecular complexity index is 1050. The molecule has 0 spiro atoms. The lowest BCUT2D eigenvalue weighted by molar-refractivity contribution is 0.0779. The average molecular weight is 444 g/mol. The monoisotopic (exact) mass is 443 g/mol. The summed E-state index contributed by atoms with van der Waals surface area (Å²) in [7, 11) is 1.99. The number of ether oxygens (including phenoxy) is 1. The maximum absolute atomic E-state index is 10.2. The normalized spacial score (nSPS) is 15.3. The van der Waals surface area contributed by atoms with Gasteiger partial charge in [0, 0.05) is 6.54 Å². The second-order valence-electron chi connectivity index (χ2n) is 8.82. The topological polar surface area (TPSA) is 52.9 Å². The first-order valence-corrected chi connectivity index (χ1v) is 11.7. The van der Waals surface area contributed by atoms with E-state index < -0.39 is 6.10 Å². The van der Waals surface area contributed by atoms with Gasteiger partial charge in [0.25, 0.3) is 0 Å². The first kappa shape index (κ1) is 23.1. The molecule has 0 saturated heterocycles. The summed E-state index contributed by atoms with van der Waals surface area (Å²) in [6.07, 6.45) is 1.86. The third-order valence-corrected chi connectivity index (χ3v) is 6.14. The van der Waals surface area contributed by atoms with Crippen molar-refractivity contribution < 1.29 is 14.9 Å². The minimum atomic E-state index is -0.526. The van der Waals surface area contributed by atoms with Crippen LogP contribution in [0, 0.1) is 5.92 Å². The molecule has 1 saturated carbocycles. The minimum absolute atomic E-state index is 0.266. The molecule has 4 heteroatoms. The summed E-state index contributed by atoms with van der Waals surface area (Å²) in [4.78, 5) is 2.06. The number of likely N-dealkylation sites (N-methyl/N-ethyl adjacent to an activating group) is 1. The Balaban J connectivity index is 1.65. The number of hydrogen-bond acceptors (Lipinski definition) is 4. The Hall–Kier alpha value is -3.08. The summed E-state index contributed by atoms with van der Waals surface area (Å²) < 4.78 is 5.85. The summed E-state index contributed by atoms with van der Waals surface area (Å²) in [5.41, 5.74) is 6.00. The van der Waals surface area contributed by atoms with Crippen LogP contribution in [-0.4, -0.2) is 48.0 Å². The number of phenols is 1. The van der Waals surface area contributed by atoms with Crippen LogP contribution >= 0.6 is 0 Å². The number of aliphatic hydroxyl groups excluding tert-OH is 1. The van der Waals surface area contributed by atoms with Crippen molar-refractivity contribution >= 4 is 11.1 Å². The highest BCUT2D eigenvalue weighted by Gasteiger charge is 2.30. The number of aliphatic hydroxyl groups is 1. The van der Waals surface area contributed by atoms with Crippen LogP contribution in [0.15, 0.2) is 78.9 Å². The molecule has 0 aliphatic heterocycles. The molecule has 3 aromatic carbocycles. The van der Waals surface area contributed by atoms with Crippen molar-refractivity contribution in [3.63, 3.8) is 0 Å². The van der Waals surface area contributed by atoms with E-state index in [0.717, 1.165) is 23.4 Å². The molecule has 0 amide bonds. The summed E-state index contributed by atoms with van der Waals surface area (Å²) in [5, 5.41) is 20.0. The Kier molecular flexibility index (Phi) is 7.48. The van der Waals surface area contributed by atoms with Gasteiger partial charge in [0.1, 0.15) is 24.2 Å². The number of aromatic hydroxyl groups is 1.